The van der Waals surface area contributed by atoms with Gasteiger partial charge >= 0.3 is 0 Å². The number of rotatable bonds is 5. The van der Waals surface area contributed by atoms with Crippen molar-refractivity contribution in [1.82, 2.24) is 14.8 Å². The predicted octanol–water partition coefficient (Wildman–Crippen LogP) is 5.42. The lowest BCUT2D eigenvalue weighted by Crippen LogP contribution is -2.03. The summed E-state index contributed by atoms with van der Waals surface area (Å²) in [6, 6.07) is 15.6. The van der Waals surface area contributed by atoms with E-state index in [4.69, 9.17) is 11.6 Å². The summed E-state index contributed by atoms with van der Waals surface area (Å²) in [5.41, 5.74) is 1.92. The van der Waals surface area contributed by atoms with Gasteiger partial charge in [0.05, 0.1) is 16.3 Å². The van der Waals surface area contributed by atoms with Gasteiger partial charge in [0.25, 0.3) is 0 Å². The van der Waals surface area contributed by atoms with E-state index in [2.05, 4.69) is 16.3 Å². The Morgan fingerprint density at radius 1 is 1.23 bits per heavy atom. The summed E-state index contributed by atoms with van der Waals surface area (Å²) in [7, 11) is 0. The van der Waals surface area contributed by atoms with E-state index in [1.807, 2.05) is 54.0 Å². The Kier molecular flexibility index (Phi) is 4.80. The topological polar surface area (TPSA) is 47.8 Å². The van der Waals surface area contributed by atoms with E-state index in [0.717, 1.165) is 26.2 Å². The van der Waals surface area contributed by atoms with Gasteiger partial charge in [-0.3, -0.25) is 9.36 Å². The van der Waals surface area contributed by atoms with E-state index < -0.39 is 0 Å². The normalized spacial score (nSPS) is 11.2. The van der Waals surface area contributed by atoms with Crippen molar-refractivity contribution in [2.45, 2.75) is 12.1 Å². The average molecular weight is 400 g/mol. The summed E-state index contributed by atoms with van der Waals surface area (Å²) >= 11 is 8.99. The summed E-state index contributed by atoms with van der Waals surface area (Å²) in [5, 5.41) is 10.6. The molecule has 0 saturated carbocycles. The summed E-state index contributed by atoms with van der Waals surface area (Å²) in [6.45, 7) is 2.01. The SMILES string of the molecule is Cc1c(C(=O)CSc2nncn2-c2cccc(Cl)c2)sc2ccccc12. The monoisotopic (exact) mass is 399 g/mol. The van der Waals surface area contributed by atoms with Gasteiger partial charge in [-0.2, -0.15) is 0 Å². The zero-order valence-corrected chi connectivity index (χ0v) is 16.2. The molecular weight excluding hydrogens is 386 g/mol. The smallest absolute Gasteiger partial charge is 0.196 e. The highest BCUT2D eigenvalue weighted by molar-refractivity contribution is 7.99. The third-order valence-electron chi connectivity index (χ3n) is 4.03. The zero-order valence-electron chi connectivity index (χ0n) is 13.8. The lowest BCUT2D eigenvalue weighted by Gasteiger charge is -2.06. The molecule has 26 heavy (non-hydrogen) atoms. The van der Waals surface area contributed by atoms with Crippen LogP contribution < -0.4 is 0 Å². The maximum atomic E-state index is 12.7. The van der Waals surface area contributed by atoms with Gasteiger partial charge in [0.1, 0.15) is 6.33 Å². The van der Waals surface area contributed by atoms with Gasteiger partial charge in [-0.25, -0.2) is 0 Å². The molecule has 0 spiro atoms. The Balaban J connectivity index is 1.55. The number of ketones is 1. The van der Waals surface area contributed by atoms with Crippen LogP contribution in [0.4, 0.5) is 0 Å². The molecular formula is C19H14ClN3OS2. The van der Waals surface area contributed by atoms with E-state index >= 15 is 0 Å². The molecule has 0 atom stereocenters. The number of aromatic nitrogens is 3. The molecule has 0 bridgehead atoms. The molecule has 4 aromatic rings. The van der Waals surface area contributed by atoms with Gasteiger partial charge in [-0.05, 0) is 42.1 Å². The molecule has 0 radical (unpaired) electrons. The Labute approximate surface area is 163 Å². The Morgan fingerprint density at radius 2 is 2.08 bits per heavy atom. The number of benzene rings is 2. The lowest BCUT2D eigenvalue weighted by molar-refractivity contribution is 0.102. The van der Waals surface area contributed by atoms with Crippen LogP contribution in [-0.2, 0) is 0 Å². The van der Waals surface area contributed by atoms with E-state index in [0.29, 0.717) is 15.9 Å². The minimum atomic E-state index is 0.106. The summed E-state index contributed by atoms with van der Waals surface area (Å²) in [6.07, 6.45) is 1.63. The standard InChI is InChI=1S/C19H14ClN3OS2/c1-12-15-7-2-3-8-17(15)26-18(12)16(24)10-25-19-22-21-11-23(19)14-6-4-5-13(20)9-14/h2-9,11H,10H2,1H3. The molecule has 4 nitrogen and oxygen atoms in total. The number of carbonyl (C=O) groups excluding carboxylic acids is 1. The van der Waals surface area contributed by atoms with Crippen molar-refractivity contribution >= 4 is 50.6 Å². The number of Topliss-reactive ketones (excluding diaryl/α,β-unsaturated/α-hetero) is 1. The van der Waals surface area contributed by atoms with Gasteiger partial charge in [0, 0.05) is 9.72 Å². The van der Waals surface area contributed by atoms with Crippen molar-refractivity contribution in [2.24, 2.45) is 0 Å². The van der Waals surface area contributed by atoms with Gasteiger partial charge in [-0.15, -0.1) is 21.5 Å². The van der Waals surface area contributed by atoms with Crippen molar-refractivity contribution in [3.8, 4) is 5.69 Å². The average Bonchev–Trinajstić information content (AvgIpc) is 3.25. The second-order valence-electron chi connectivity index (χ2n) is 5.73. The molecule has 4 rings (SSSR count). The van der Waals surface area contributed by atoms with Crippen LogP contribution in [0.1, 0.15) is 15.2 Å². The molecule has 0 fully saturated rings. The number of aryl methyl sites for hydroxylation is 1. The number of fused-ring (bicyclic) bond motifs is 1. The van der Waals surface area contributed by atoms with Crippen LogP contribution in [0.25, 0.3) is 15.8 Å². The van der Waals surface area contributed by atoms with Crippen LogP contribution in [-0.4, -0.2) is 26.3 Å². The minimum absolute atomic E-state index is 0.106. The van der Waals surface area contributed by atoms with Crippen LogP contribution in [0.15, 0.2) is 60.0 Å². The van der Waals surface area contributed by atoms with Crippen molar-refractivity contribution in [3.05, 3.63) is 70.3 Å². The highest BCUT2D eigenvalue weighted by Gasteiger charge is 2.17. The quantitative estimate of drug-likeness (QED) is 0.332. The Bertz CT molecular complexity index is 1100. The summed E-state index contributed by atoms with van der Waals surface area (Å²) in [5.74, 6) is 0.418. The van der Waals surface area contributed by atoms with Crippen LogP contribution in [0, 0.1) is 6.92 Å². The molecule has 0 aliphatic heterocycles. The number of thioether (sulfide) groups is 1. The molecule has 2 heterocycles. The third kappa shape index (κ3) is 3.28. The first-order valence-electron chi connectivity index (χ1n) is 7.93. The predicted molar refractivity (Wildman–Crippen MR) is 108 cm³/mol. The van der Waals surface area contributed by atoms with Crippen molar-refractivity contribution in [1.29, 1.82) is 0 Å². The van der Waals surface area contributed by atoms with Crippen LogP contribution >= 0.6 is 34.7 Å². The van der Waals surface area contributed by atoms with Gasteiger partial charge in [0.15, 0.2) is 10.9 Å². The first-order chi connectivity index (χ1) is 12.6. The van der Waals surface area contributed by atoms with E-state index in [1.54, 1.807) is 17.7 Å². The Hall–Kier alpha value is -2.15. The van der Waals surface area contributed by atoms with E-state index in [9.17, 15) is 4.79 Å². The summed E-state index contributed by atoms with van der Waals surface area (Å²) in [4.78, 5) is 13.6. The lowest BCUT2D eigenvalue weighted by atomic mass is 10.1. The molecule has 7 heteroatoms. The minimum Gasteiger partial charge on any atom is -0.292 e. The van der Waals surface area contributed by atoms with Crippen molar-refractivity contribution in [3.63, 3.8) is 0 Å². The first kappa shape index (κ1) is 17.3. The zero-order chi connectivity index (χ0) is 18.1. The van der Waals surface area contributed by atoms with Crippen LogP contribution in [0.2, 0.25) is 5.02 Å². The number of nitrogens with zero attached hydrogens (tertiary/aromatic N) is 3. The fourth-order valence-corrected chi connectivity index (χ4v) is 4.99. The molecule has 0 unspecified atom stereocenters. The molecule has 0 saturated heterocycles. The molecule has 0 aliphatic rings. The van der Waals surface area contributed by atoms with Gasteiger partial charge < -0.3 is 0 Å². The molecule has 0 amide bonds. The number of carbonyl (C=O) groups is 1. The van der Waals surface area contributed by atoms with Gasteiger partial charge in [-0.1, -0.05) is 47.6 Å². The highest BCUT2D eigenvalue weighted by atomic mass is 35.5. The Morgan fingerprint density at radius 3 is 2.88 bits per heavy atom. The van der Waals surface area contributed by atoms with Gasteiger partial charge in [0.2, 0.25) is 0 Å². The second-order valence-corrected chi connectivity index (χ2v) is 8.16. The number of thiophene rings is 1. The molecule has 0 N–H and O–H groups in total. The maximum Gasteiger partial charge on any atom is 0.196 e. The maximum absolute atomic E-state index is 12.7. The number of hydrogen-bond acceptors (Lipinski definition) is 5. The van der Waals surface area contributed by atoms with Crippen LogP contribution in [0.3, 0.4) is 0 Å². The number of hydrogen-bond donors (Lipinski definition) is 0. The molecule has 2 aromatic heterocycles. The fourth-order valence-electron chi connectivity index (χ4n) is 2.76. The second kappa shape index (κ2) is 7.23. The first-order valence-corrected chi connectivity index (χ1v) is 10.1. The largest absolute Gasteiger partial charge is 0.292 e. The highest BCUT2D eigenvalue weighted by Crippen LogP contribution is 2.32. The molecule has 2 aromatic carbocycles. The molecule has 130 valence electrons. The number of halogens is 1. The summed E-state index contributed by atoms with van der Waals surface area (Å²) < 4.78 is 2.97. The van der Waals surface area contributed by atoms with E-state index in [1.165, 1.54) is 11.8 Å². The fraction of sp³-hybridized carbons (Fsp3) is 0.105. The third-order valence-corrected chi connectivity index (χ3v) is 6.52. The van der Waals surface area contributed by atoms with Crippen LogP contribution in [0.5, 0.6) is 0 Å². The van der Waals surface area contributed by atoms with Crippen molar-refractivity contribution < 1.29 is 4.79 Å². The van der Waals surface area contributed by atoms with E-state index in [-0.39, 0.29) is 5.78 Å². The van der Waals surface area contributed by atoms with Crippen molar-refractivity contribution in [2.75, 3.05) is 5.75 Å². The molecule has 0 aliphatic carbocycles.